The van der Waals surface area contributed by atoms with Crippen molar-refractivity contribution in [3.8, 4) is 6.07 Å². The average Bonchev–Trinajstić information content (AvgIpc) is 3.56. The van der Waals surface area contributed by atoms with Gasteiger partial charge in [0, 0.05) is 47.5 Å². The van der Waals surface area contributed by atoms with Gasteiger partial charge in [-0.05, 0) is 74.9 Å². The SMILES string of the molecule is CC(CNc1c(C#N)cnc2c(Cl)cc(N[C@@H](c3ccc(Cl)cc3)c3cn(C4CCN(C(C)(C)C)CC4)nn3)cc12)c1ccccc1. The van der Waals surface area contributed by atoms with Crippen LogP contribution in [0.15, 0.2) is 79.1 Å². The lowest BCUT2D eigenvalue weighted by molar-refractivity contribution is 0.0866. The molecule has 242 valence electrons. The van der Waals surface area contributed by atoms with Gasteiger partial charge in [-0.3, -0.25) is 9.88 Å². The van der Waals surface area contributed by atoms with Crippen LogP contribution in [0.1, 0.15) is 80.9 Å². The Balaban J connectivity index is 1.31. The number of nitrogens with zero attached hydrogens (tertiary/aromatic N) is 6. The molecule has 1 unspecified atom stereocenters. The van der Waals surface area contributed by atoms with Gasteiger partial charge in [-0.1, -0.05) is 77.8 Å². The highest BCUT2D eigenvalue weighted by Crippen LogP contribution is 2.36. The second kappa shape index (κ2) is 13.9. The summed E-state index contributed by atoms with van der Waals surface area (Å²) < 4.78 is 2.02. The van der Waals surface area contributed by atoms with Gasteiger partial charge in [-0.15, -0.1) is 5.10 Å². The number of aromatic nitrogens is 4. The van der Waals surface area contributed by atoms with Crippen molar-refractivity contribution in [2.75, 3.05) is 30.3 Å². The summed E-state index contributed by atoms with van der Waals surface area (Å²) in [4.78, 5) is 7.08. The topological polar surface area (TPSA) is 94.7 Å². The molecule has 2 atom stereocenters. The molecule has 1 aliphatic heterocycles. The predicted molar refractivity (Wildman–Crippen MR) is 191 cm³/mol. The maximum absolute atomic E-state index is 10.0. The first-order chi connectivity index (χ1) is 22.6. The van der Waals surface area contributed by atoms with Crippen molar-refractivity contribution in [2.24, 2.45) is 0 Å². The molecule has 47 heavy (non-hydrogen) atoms. The number of piperidine rings is 1. The van der Waals surface area contributed by atoms with Gasteiger partial charge in [0.05, 0.1) is 40.1 Å². The molecule has 3 aromatic carbocycles. The highest BCUT2D eigenvalue weighted by molar-refractivity contribution is 6.36. The Kier molecular flexibility index (Phi) is 9.70. The minimum Gasteiger partial charge on any atom is -0.383 e. The zero-order valence-corrected chi connectivity index (χ0v) is 28.7. The van der Waals surface area contributed by atoms with E-state index in [0.717, 1.165) is 48.3 Å². The van der Waals surface area contributed by atoms with Crippen LogP contribution >= 0.6 is 23.2 Å². The number of pyridine rings is 1. The number of likely N-dealkylation sites (tertiary alicyclic amines) is 1. The summed E-state index contributed by atoms with van der Waals surface area (Å²) in [7, 11) is 0. The molecule has 1 aliphatic rings. The summed E-state index contributed by atoms with van der Waals surface area (Å²) in [6, 6.07) is 24.2. The van der Waals surface area contributed by atoms with Gasteiger partial charge < -0.3 is 10.6 Å². The fourth-order valence-electron chi connectivity index (χ4n) is 6.33. The van der Waals surface area contributed by atoms with E-state index in [1.165, 1.54) is 5.56 Å². The molecule has 2 aromatic heterocycles. The molecule has 1 fully saturated rings. The molecular formula is C37H40Cl2N8. The van der Waals surface area contributed by atoms with E-state index in [-0.39, 0.29) is 17.5 Å². The third kappa shape index (κ3) is 7.38. The first-order valence-corrected chi connectivity index (χ1v) is 16.9. The molecular weight excluding hydrogens is 627 g/mol. The number of halogens is 2. The number of nitrogens with one attached hydrogen (secondary N) is 2. The Morgan fingerprint density at radius 3 is 2.40 bits per heavy atom. The van der Waals surface area contributed by atoms with Gasteiger partial charge >= 0.3 is 0 Å². The van der Waals surface area contributed by atoms with E-state index >= 15 is 0 Å². The Hall–Kier alpha value is -4.16. The molecule has 0 aliphatic carbocycles. The van der Waals surface area contributed by atoms with Crippen molar-refractivity contribution in [3.63, 3.8) is 0 Å². The Morgan fingerprint density at radius 1 is 1.00 bits per heavy atom. The maximum Gasteiger partial charge on any atom is 0.109 e. The van der Waals surface area contributed by atoms with Gasteiger partial charge in [0.1, 0.15) is 11.8 Å². The fourth-order valence-corrected chi connectivity index (χ4v) is 6.72. The third-order valence-electron chi connectivity index (χ3n) is 9.12. The summed E-state index contributed by atoms with van der Waals surface area (Å²) in [5, 5.41) is 28.4. The number of fused-ring (bicyclic) bond motifs is 1. The van der Waals surface area contributed by atoms with E-state index < -0.39 is 0 Å². The van der Waals surface area contributed by atoms with Crippen molar-refractivity contribution < 1.29 is 0 Å². The van der Waals surface area contributed by atoms with Crippen LogP contribution in [0.2, 0.25) is 10.0 Å². The van der Waals surface area contributed by atoms with Crippen LogP contribution in [-0.4, -0.2) is 50.1 Å². The van der Waals surface area contributed by atoms with Crippen LogP contribution in [0, 0.1) is 11.3 Å². The number of hydrogen-bond acceptors (Lipinski definition) is 7. The third-order valence-corrected chi connectivity index (χ3v) is 9.66. The number of rotatable bonds is 9. The molecule has 8 nitrogen and oxygen atoms in total. The monoisotopic (exact) mass is 666 g/mol. The molecule has 6 rings (SSSR count). The van der Waals surface area contributed by atoms with Crippen LogP contribution in [-0.2, 0) is 0 Å². The summed E-state index contributed by atoms with van der Waals surface area (Å²) in [5.74, 6) is 0.223. The molecule has 5 aromatic rings. The maximum atomic E-state index is 10.0. The quantitative estimate of drug-likeness (QED) is 0.162. The van der Waals surface area contributed by atoms with E-state index in [9.17, 15) is 5.26 Å². The van der Waals surface area contributed by atoms with Crippen LogP contribution in [0.3, 0.4) is 0 Å². The lowest BCUT2D eigenvalue weighted by atomic mass is 9.98. The number of benzene rings is 3. The molecule has 0 bridgehead atoms. The lowest BCUT2D eigenvalue weighted by Crippen LogP contribution is -2.46. The van der Waals surface area contributed by atoms with E-state index in [1.54, 1.807) is 6.20 Å². The minimum absolute atomic E-state index is 0.155. The first kappa shape index (κ1) is 32.8. The molecule has 2 N–H and O–H groups in total. The summed E-state index contributed by atoms with van der Waals surface area (Å²) in [6.07, 6.45) is 5.68. The van der Waals surface area contributed by atoms with Crippen LogP contribution in [0.25, 0.3) is 10.9 Å². The van der Waals surface area contributed by atoms with Gasteiger partial charge in [-0.2, -0.15) is 5.26 Å². The second-order valence-electron chi connectivity index (χ2n) is 13.3. The molecule has 1 saturated heterocycles. The van der Waals surface area contributed by atoms with E-state index in [2.05, 4.69) is 82.9 Å². The summed E-state index contributed by atoms with van der Waals surface area (Å²) >= 11 is 13.1. The zero-order valence-electron chi connectivity index (χ0n) is 27.2. The summed E-state index contributed by atoms with van der Waals surface area (Å²) in [6.45, 7) is 11.7. The van der Waals surface area contributed by atoms with Crippen molar-refractivity contribution in [1.29, 1.82) is 5.26 Å². The van der Waals surface area contributed by atoms with Crippen molar-refractivity contribution >= 4 is 45.5 Å². The standard InChI is InChI=1S/C37H40Cl2N8/c1-24(25-8-6-5-7-9-25)21-41-34-27(20-40)22-42-36-31(34)18-29(19-32(36)39)43-35(26-10-12-28(38)13-11-26)33-23-47(45-44-33)30-14-16-46(17-15-30)37(2,3)4/h5-13,18-19,22-24,30,35,43H,14-17,21H2,1-4H3,(H,41,42)/t24?,35-/m0/s1. The van der Waals surface area contributed by atoms with Crippen LogP contribution in [0.4, 0.5) is 11.4 Å². The van der Waals surface area contributed by atoms with Crippen molar-refractivity contribution in [3.05, 3.63) is 112 Å². The van der Waals surface area contributed by atoms with Crippen molar-refractivity contribution in [2.45, 2.75) is 64.1 Å². The number of hydrogen-bond donors (Lipinski definition) is 2. The molecule has 0 spiro atoms. The fraction of sp³-hybridized carbons (Fsp3) is 0.351. The predicted octanol–water partition coefficient (Wildman–Crippen LogP) is 8.86. The highest BCUT2D eigenvalue weighted by Gasteiger charge is 2.29. The van der Waals surface area contributed by atoms with Crippen molar-refractivity contribution in [1.82, 2.24) is 24.9 Å². The zero-order chi connectivity index (χ0) is 33.1. The van der Waals surface area contributed by atoms with Gasteiger partial charge in [0.15, 0.2) is 0 Å². The van der Waals surface area contributed by atoms with Crippen LogP contribution < -0.4 is 10.6 Å². The largest absolute Gasteiger partial charge is 0.383 e. The molecule has 0 amide bonds. The average molecular weight is 668 g/mol. The smallest absolute Gasteiger partial charge is 0.109 e. The van der Waals surface area contributed by atoms with Gasteiger partial charge in [0.25, 0.3) is 0 Å². The second-order valence-corrected chi connectivity index (χ2v) is 14.2. The Morgan fingerprint density at radius 2 is 1.72 bits per heavy atom. The lowest BCUT2D eigenvalue weighted by Gasteiger charge is -2.40. The minimum atomic E-state index is -0.328. The Labute approximate surface area is 286 Å². The molecule has 10 heteroatoms. The number of anilines is 2. The normalized spacial score (nSPS) is 15.7. The molecule has 0 radical (unpaired) electrons. The van der Waals surface area contributed by atoms with Crippen LogP contribution in [0.5, 0.6) is 0 Å². The van der Waals surface area contributed by atoms with E-state index in [4.69, 9.17) is 23.2 Å². The number of nitriles is 1. The van der Waals surface area contributed by atoms with Gasteiger partial charge in [0.2, 0.25) is 0 Å². The van der Waals surface area contributed by atoms with E-state index in [1.807, 2.05) is 59.3 Å². The van der Waals surface area contributed by atoms with E-state index in [0.29, 0.717) is 39.4 Å². The first-order valence-electron chi connectivity index (χ1n) is 16.1. The highest BCUT2D eigenvalue weighted by atomic mass is 35.5. The molecule has 3 heterocycles. The Bertz CT molecular complexity index is 1870. The molecule has 0 saturated carbocycles. The van der Waals surface area contributed by atoms with Gasteiger partial charge in [-0.25, -0.2) is 4.68 Å². The summed E-state index contributed by atoms with van der Waals surface area (Å²) in [5.41, 5.74) is 5.72.